The fraction of sp³-hybridized carbons (Fsp3) is 1.00. The molecular formula is C11H22FN. The van der Waals surface area contributed by atoms with Crippen molar-refractivity contribution in [3.8, 4) is 0 Å². The summed E-state index contributed by atoms with van der Waals surface area (Å²) in [5, 5.41) is 3.27. The van der Waals surface area contributed by atoms with Crippen LogP contribution in [0.4, 0.5) is 4.39 Å². The molecule has 13 heavy (non-hydrogen) atoms. The van der Waals surface area contributed by atoms with Crippen LogP contribution >= 0.6 is 0 Å². The van der Waals surface area contributed by atoms with E-state index in [0.717, 1.165) is 38.8 Å². The number of piperidine rings is 1. The van der Waals surface area contributed by atoms with E-state index in [0.29, 0.717) is 5.92 Å². The summed E-state index contributed by atoms with van der Waals surface area (Å²) in [6, 6.07) is 0. The smallest absolute Gasteiger partial charge is 0.104 e. The first-order chi connectivity index (χ1) is 6.24. The zero-order chi connectivity index (χ0) is 9.68. The van der Waals surface area contributed by atoms with Crippen LogP contribution in [0.5, 0.6) is 0 Å². The minimum Gasteiger partial charge on any atom is -0.316 e. The number of alkyl halides is 1. The molecule has 0 radical (unpaired) electrons. The Morgan fingerprint density at radius 1 is 1.54 bits per heavy atom. The highest BCUT2D eigenvalue weighted by molar-refractivity contribution is 4.77. The largest absolute Gasteiger partial charge is 0.316 e. The van der Waals surface area contributed by atoms with Gasteiger partial charge in [0.25, 0.3) is 0 Å². The molecule has 0 aromatic rings. The summed E-state index contributed by atoms with van der Waals surface area (Å²) in [6.45, 7) is 6.24. The molecule has 1 fully saturated rings. The van der Waals surface area contributed by atoms with E-state index in [1.807, 2.05) is 0 Å². The first-order valence-corrected chi connectivity index (χ1v) is 5.58. The summed E-state index contributed by atoms with van der Waals surface area (Å²) < 4.78 is 13.7. The quantitative estimate of drug-likeness (QED) is 0.713. The molecule has 1 aliphatic heterocycles. The van der Waals surface area contributed by atoms with Crippen molar-refractivity contribution in [1.82, 2.24) is 5.32 Å². The van der Waals surface area contributed by atoms with Crippen LogP contribution in [0.3, 0.4) is 0 Å². The molecule has 1 N–H and O–H groups in total. The van der Waals surface area contributed by atoms with E-state index in [1.165, 1.54) is 0 Å². The van der Waals surface area contributed by atoms with Crippen LogP contribution in [0.2, 0.25) is 0 Å². The monoisotopic (exact) mass is 187 g/mol. The predicted octanol–water partition coefficient (Wildman–Crippen LogP) is 2.76. The Morgan fingerprint density at radius 3 is 2.85 bits per heavy atom. The van der Waals surface area contributed by atoms with Crippen molar-refractivity contribution in [2.45, 2.75) is 45.7 Å². The molecule has 0 amide bonds. The number of hydrogen-bond donors (Lipinski definition) is 1. The lowest BCUT2D eigenvalue weighted by Gasteiger charge is -2.27. The first kappa shape index (κ1) is 11.0. The van der Waals surface area contributed by atoms with Gasteiger partial charge in [0.05, 0.1) is 0 Å². The Balaban J connectivity index is 2.24. The van der Waals surface area contributed by atoms with Gasteiger partial charge in [-0.05, 0) is 31.7 Å². The summed E-state index contributed by atoms with van der Waals surface area (Å²) in [4.78, 5) is 0. The van der Waals surface area contributed by atoms with Gasteiger partial charge < -0.3 is 5.32 Å². The van der Waals surface area contributed by atoms with E-state index < -0.39 is 6.17 Å². The maximum atomic E-state index is 13.7. The Labute approximate surface area is 81.1 Å². The van der Waals surface area contributed by atoms with Crippen molar-refractivity contribution in [1.29, 1.82) is 0 Å². The first-order valence-electron chi connectivity index (χ1n) is 5.58. The van der Waals surface area contributed by atoms with Gasteiger partial charge in [0.1, 0.15) is 6.17 Å². The molecule has 1 aliphatic rings. The van der Waals surface area contributed by atoms with Crippen molar-refractivity contribution in [3.05, 3.63) is 0 Å². The summed E-state index contributed by atoms with van der Waals surface area (Å²) in [6.07, 6.45) is 3.49. The van der Waals surface area contributed by atoms with E-state index in [-0.39, 0.29) is 5.92 Å². The molecular weight excluding hydrogens is 165 g/mol. The van der Waals surface area contributed by atoms with Gasteiger partial charge in [-0.3, -0.25) is 0 Å². The molecule has 3 atom stereocenters. The molecule has 1 nitrogen and oxygen atoms in total. The van der Waals surface area contributed by atoms with Crippen LogP contribution in [-0.2, 0) is 0 Å². The standard InChI is InChI=1S/C11H22FN/c1-3-9(2)7-11(12)10-5-4-6-13-8-10/h9-11,13H,3-8H2,1-2H3. The third-order valence-corrected chi connectivity index (χ3v) is 3.17. The van der Waals surface area contributed by atoms with Crippen molar-refractivity contribution in [3.63, 3.8) is 0 Å². The minimum atomic E-state index is -0.581. The zero-order valence-electron chi connectivity index (χ0n) is 8.85. The van der Waals surface area contributed by atoms with Gasteiger partial charge in [0, 0.05) is 12.5 Å². The topological polar surface area (TPSA) is 12.0 Å². The average molecular weight is 187 g/mol. The Hall–Kier alpha value is -0.110. The zero-order valence-corrected chi connectivity index (χ0v) is 8.85. The van der Waals surface area contributed by atoms with Gasteiger partial charge in [0.2, 0.25) is 0 Å². The Bertz CT molecular complexity index is 132. The Morgan fingerprint density at radius 2 is 2.31 bits per heavy atom. The van der Waals surface area contributed by atoms with E-state index in [2.05, 4.69) is 19.2 Å². The number of halogens is 1. The van der Waals surface area contributed by atoms with Crippen LogP contribution in [-0.4, -0.2) is 19.3 Å². The molecule has 0 bridgehead atoms. The van der Waals surface area contributed by atoms with Gasteiger partial charge >= 0.3 is 0 Å². The molecule has 1 saturated heterocycles. The lowest BCUT2D eigenvalue weighted by Crippen LogP contribution is -2.35. The number of rotatable bonds is 4. The molecule has 1 rings (SSSR count). The highest BCUT2D eigenvalue weighted by Crippen LogP contribution is 2.23. The van der Waals surface area contributed by atoms with Gasteiger partial charge in [-0.2, -0.15) is 0 Å². The molecule has 2 heteroatoms. The van der Waals surface area contributed by atoms with Crippen LogP contribution in [0.25, 0.3) is 0 Å². The SMILES string of the molecule is CCC(C)CC(F)C1CCCNC1. The second-order valence-electron chi connectivity index (χ2n) is 4.37. The van der Waals surface area contributed by atoms with E-state index >= 15 is 0 Å². The highest BCUT2D eigenvalue weighted by atomic mass is 19.1. The number of hydrogen-bond acceptors (Lipinski definition) is 1. The fourth-order valence-electron chi connectivity index (χ4n) is 1.93. The summed E-state index contributed by atoms with van der Waals surface area (Å²) in [7, 11) is 0. The number of nitrogens with one attached hydrogen (secondary N) is 1. The molecule has 0 saturated carbocycles. The Kier molecular flexibility index (Phi) is 4.71. The molecule has 1 heterocycles. The molecule has 0 aliphatic carbocycles. The van der Waals surface area contributed by atoms with E-state index in [4.69, 9.17) is 0 Å². The van der Waals surface area contributed by atoms with Crippen molar-refractivity contribution < 1.29 is 4.39 Å². The van der Waals surface area contributed by atoms with Crippen molar-refractivity contribution in [2.75, 3.05) is 13.1 Å². The highest BCUT2D eigenvalue weighted by Gasteiger charge is 2.23. The van der Waals surface area contributed by atoms with Gasteiger partial charge in [0.15, 0.2) is 0 Å². The minimum absolute atomic E-state index is 0.280. The summed E-state index contributed by atoms with van der Waals surface area (Å²) >= 11 is 0. The van der Waals surface area contributed by atoms with Gasteiger partial charge in [-0.25, -0.2) is 4.39 Å². The second-order valence-corrected chi connectivity index (χ2v) is 4.37. The predicted molar refractivity (Wildman–Crippen MR) is 54.6 cm³/mol. The fourth-order valence-corrected chi connectivity index (χ4v) is 1.93. The maximum absolute atomic E-state index is 13.7. The normalized spacial score (nSPS) is 28.4. The lowest BCUT2D eigenvalue weighted by atomic mass is 9.89. The average Bonchev–Trinajstić information content (AvgIpc) is 2.19. The van der Waals surface area contributed by atoms with Crippen LogP contribution < -0.4 is 5.32 Å². The van der Waals surface area contributed by atoms with Crippen molar-refractivity contribution in [2.24, 2.45) is 11.8 Å². The van der Waals surface area contributed by atoms with E-state index in [1.54, 1.807) is 0 Å². The molecule has 0 spiro atoms. The third kappa shape index (κ3) is 3.63. The van der Waals surface area contributed by atoms with Gasteiger partial charge in [-0.1, -0.05) is 20.3 Å². The van der Waals surface area contributed by atoms with Crippen LogP contribution in [0, 0.1) is 11.8 Å². The van der Waals surface area contributed by atoms with Crippen LogP contribution in [0.15, 0.2) is 0 Å². The van der Waals surface area contributed by atoms with E-state index in [9.17, 15) is 4.39 Å². The third-order valence-electron chi connectivity index (χ3n) is 3.17. The lowest BCUT2D eigenvalue weighted by molar-refractivity contribution is 0.161. The van der Waals surface area contributed by atoms with Crippen molar-refractivity contribution >= 4 is 0 Å². The van der Waals surface area contributed by atoms with Crippen LogP contribution in [0.1, 0.15) is 39.5 Å². The maximum Gasteiger partial charge on any atom is 0.104 e. The molecule has 0 aromatic heterocycles. The molecule has 0 aromatic carbocycles. The molecule has 78 valence electrons. The summed E-state index contributed by atoms with van der Waals surface area (Å²) in [5.41, 5.74) is 0. The second kappa shape index (κ2) is 5.58. The summed E-state index contributed by atoms with van der Waals surface area (Å²) in [5.74, 6) is 0.819. The molecule has 3 unspecified atom stereocenters. The van der Waals surface area contributed by atoms with Gasteiger partial charge in [-0.15, -0.1) is 0 Å².